The van der Waals surface area contributed by atoms with E-state index in [0.29, 0.717) is 0 Å². The molecule has 0 unspecified atom stereocenters. The molecule has 1 aromatic carbocycles. The maximum absolute atomic E-state index is 3.31. The van der Waals surface area contributed by atoms with Crippen molar-refractivity contribution in [2.24, 2.45) is 23.7 Å². The van der Waals surface area contributed by atoms with E-state index in [1.807, 2.05) is 0 Å². The zero-order valence-electron chi connectivity index (χ0n) is 19.0. The van der Waals surface area contributed by atoms with Gasteiger partial charge >= 0.3 is 0 Å². The molecule has 0 bridgehead atoms. The molecule has 1 aromatic rings. The first-order chi connectivity index (χ1) is 14.3. The quantitative estimate of drug-likeness (QED) is 0.324. The minimum absolute atomic E-state index is 0.758. The van der Waals surface area contributed by atoms with Gasteiger partial charge in [0.1, 0.15) is 0 Å². The van der Waals surface area contributed by atoms with Gasteiger partial charge in [0.05, 0.1) is 0 Å². The van der Waals surface area contributed by atoms with Crippen molar-refractivity contribution in [2.45, 2.75) is 97.3 Å². The first kappa shape index (κ1) is 22.2. The molecule has 0 spiro atoms. The summed E-state index contributed by atoms with van der Waals surface area (Å²) in [6, 6.07) is 8.86. The van der Waals surface area contributed by atoms with Gasteiger partial charge in [-0.25, -0.2) is 0 Å². The Morgan fingerprint density at radius 2 is 1.48 bits per heavy atom. The Morgan fingerprint density at radius 1 is 0.828 bits per heavy atom. The summed E-state index contributed by atoms with van der Waals surface area (Å²) in [6.45, 7) is 4.63. The second-order valence-electron chi connectivity index (χ2n) is 9.65. The fourth-order valence-electron chi connectivity index (χ4n) is 5.52. The number of benzene rings is 1. The Kier molecular flexibility index (Phi) is 9.40. The predicted octanol–water partition coefficient (Wildman–Crippen LogP) is 8.35. The molecule has 158 valence electrons. The van der Waals surface area contributed by atoms with E-state index in [0.717, 1.165) is 29.2 Å². The molecule has 0 aromatic heterocycles. The third-order valence-corrected chi connectivity index (χ3v) is 7.64. The Balaban J connectivity index is 1.38. The lowest BCUT2D eigenvalue weighted by Gasteiger charge is -2.37. The van der Waals surface area contributed by atoms with Crippen LogP contribution in [0.3, 0.4) is 0 Å². The number of hydrogen-bond acceptors (Lipinski definition) is 0. The van der Waals surface area contributed by atoms with Gasteiger partial charge in [-0.15, -0.1) is 0 Å². The second-order valence-corrected chi connectivity index (χ2v) is 9.65. The molecular formula is C29H42. The summed E-state index contributed by atoms with van der Waals surface area (Å²) in [5.74, 6) is 10.4. The maximum Gasteiger partial charge on any atom is 0.0249 e. The molecule has 29 heavy (non-hydrogen) atoms. The summed E-state index contributed by atoms with van der Waals surface area (Å²) < 4.78 is 0. The lowest BCUT2D eigenvalue weighted by Crippen LogP contribution is -2.25. The Morgan fingerprint density at radius 3 is 2.10 bits per heavy atom. The average molecular weight is 391 g/mol. The van der Waals surface area contributed by atoms with Crippen LogP contribution in [-0.2, 0) is 6.42 Å². The number of unbranched alkanes of at least 4 members (excludes halogenated alkanes) is 2. The second kappa shape index (κ2) is 12.3. The summed E-state index contributed by atoms with van der Waals surface area (Å²) in [6.07, 6.45) is 22.7. The van der Waals surface area contributed by atoms with Crippen molar-refractivity contribution in [1.29, 1.82) is 0 Å². The minimum Gasteiger partial charge on any atom is -0.0730 e. The molecule has 2 fully saturated rings. The van der Waals surface area contributed by atoms with Gasteiger partial charge in [-0.1, -0.05) is 76.0 Å². The van der Waals surface area contributed by atoms with Crippen molar-refractivity contribution in [1.82, 2.24) is 0 Å². The summed E-state index contributed by atoms with van der Waals surface area (Å²) in [5.41, 5.74) is 2.58. The first-order valence-corrected chi connectivity index (χ1v) is 12.6. The Bertz CT molecular complexity index is 652. The largest absolute Gasteiger partial charge is 0.0730 e. The van der Waals surface area contributed by atoms with Crippen LogP contribution in [0.15, 0.2) is 36.4 Å². The van der Waals surface area contributed by atoms with E-state index in [4.69, 9.17) is 0 Å². The van der Waals surface area contributed by atoms with Gasteiger partial charge < -0.3 is 0 Å². The summed E-state index contributed by atoms with van der Waals surface area (Å²) in [4.78, 5) is 0. The van der Waals surface area contributed by atoms with Crippen LogP contribution >= 0.6 is 0 Å². The van der Waals surface area contributed by atoms with E-state index >= 15 is 0 Å². The molecule has 0 heteroatoms. The third-order valence-electron chi connectivity index (χ3n) is 7.64. The minimum atomic E-state index is 0.758. The van der Waals surface area contributed by atoms with Crippen LogP contribution in [0.4, 0.5) is 0 Å². The van der Waals surface area contributed by atoms with Crippen molar-refractivity contribution in [3.05, 3.63) is 47.5 Å². The standard InChI is InChI=1S/C29H42/c1-3-5-6-9-25-12-14-26(15-13-25)10-7-8-11-27-18-22-29(23-19-27)28-20-16-24(4-2)17-21-28/h8,11-15,24,27-29H,3-6,9,16-23H2,1-2H3/b11-8+. The van der Waals surface area contributed by atoms with E-state index in [2.05, 4.69) is 62.1 Å². The van der Waals surface area contributed by atoms with Crippen LogP contribution < -0.4 is 0 Å². The molecule has 2 aliphatic carbocycles. The van der Waals surface area contributed by atoms with Crippen molar-refractivity contribution in [3.63, 3.8) is 0 Å². The molecule has 0 N–H and O–H groups in total. The molecule has 0 atom stereocenters. The van der Waals surface area contributed by atoms with Crippen LogP contribution in [0.5, 0.6) is 0 Å². The number of hydrogen-bond donors (Lipinski definition) is 0. The number of rotatable bonds is 7. The highest BCUT2D eigenvalue weighted by molar-refractivity contribution is 5.38. The molecule has 0 heterocycles. The molecule has 0 amide bonds. The lowest BCUT2D eigenvalue weighted by atomic mass is 9.69. The summed E-state index contributed by atoms with van der Waals surface area (Å²) in [5, 5.41) is 0. The van der Waals surface area contributed by atoms with E-state index in [9.17, 15) is 0 Å². The highest BCUT2D eigenvalue weighted by Crippen LogP contribution is 2.42. The smallest absolute Gasteiger partial charge is 0.0249 e. The van der Waals surface area contributed by atoms with E-state index in [-0.39, 0.29) is 0 Å². The van der Waals surface area contributed by atoms with Gasteiger partial charge in [0, 0.05) is 5.56 Å². The third kappa shape index (κ3) is 7.37. The van der Waals surface area contributed by atoms with Crippen molar-refractivity contribution >= 4 is 0 Å². The summed E-state index contributed by atoms with van der Waals surface area (Å²) >= 11 is 0. The van der Waals surface area contributed by atoms with Gasteiger partial charge in [-0.2, -0.15) is 0 Å². The highest BCUT2D eigenvalue weighted by Gasteiger charge is 2.29. The number of allylic oxidation sites excluding steroid dienone is 2. The van der Waals surface area contributed by atoms with Gasteiger partial charge in [-0.3, -0.25) is 0 Å². The summed E-state index contributed by atoms with van der Waals surface area (Å²) in [7, 11) is 0. The molecule has 0 saturated heterocycles. The monoisotopic (exact) mass is 390 g/mol. The molecule has 2 saturated carbocycles. The van der Waals surface area contributed by atoms with E-state index < -0.39 is 0 Å². The van der Waals surface area contributed by atoms with Gasteiger partial charge in [0.25, 0.3) is 0 Å². The van der Waals surface area contributed by atoms with Gasteiger partial charge in [0.15, 0.2) is 0 Å². The zero-order chi connectivity index (χ0) is 20.3. The van der Waals surface area contributed by atoms with Crippen LogP contribution in [0.2, 0.25) is 0 Å². The van der Waals surface area contributed by atoms with Crippen LogP contribution in [0, 0.1) is 35.5 Å². The van der Waals surface area contributed by atoms with Crippen molar-refractivity contribution in [2.75, 3.05) is 0 Å². The van der Waals surface area contributed by atoms with Crippen molar-refractivity contribution < 1.29 is 0 Å². The van der Waals surface area contributed by atoms with E-state index in [1.54, 1.807) is 0 Å². The fourth-order valence-corrected chi connectivity index (χ4v) is 5.52. The fraction of sp³-hybridized carbons (Fsp3) is 0.655. The van der Waals surface area contributed by atoms with Crippen LogP contribution in [0.1, 0.15) is 102 Å². The van der Waals surface area contributed by atoms with Crippen LogP contribution in [0.25, 0.3) is 0 Å². The van der Waals surface area contributed by atoms with Crippen molar-refractivity contribution in [3.8, 4) is 11.8 Å². The maximum atomic E-state index is 3.31. The highest BCUT2D eigenvalue weighted by atomic mass is 14.3. The normalized spacial score (nSPS) is 27.5. The lowest BCUT2D eigenvalue weighted by molar-refractivity contribution is 0.154. The van der Waals surface area contributed by atoms with E-state index in [1.165, 1.54) is 89.0 Å². The SMILES string of the molecule is CCCCCc1ccc(C#C/C=C/C2CCC(C3CCC(CC)CC3)CC2)cc1. The predicted molar refractivity (Wildman–Crippen MR) is 127 cm³/mol. The number of aryl methyl sites for hydroxylation is 1. The average Bonchev–Trinajstić information content (AvgIpc) is 2.78. The molecule has 2 aliphatic rings. The zero-order valence-corrected chi connectivity index (χ0v) is 19.0. The molecule has 3 rings (SSSR count). The Labute approximate surface area is 180 Å². The first-order valence-electron chi connectivity index (χ1n) is 12.6. The molecule has 0 nitrogen and oxygen atoms in total. The molecular weight excluding hydrogens is 348 g/mol. The molecule has 0 radical (unpaired) electrons. The van der Waals surface area contributed by atoms with Gasteiger partial charge in [-0.05, 0) is 98.8 Å². The molecule has 0 aliphatic heterocycles. The topological polar surface area (TPSA) is 0 Å². The Hall–Kier alpha value is -1.48. The van der Waals surface area contributed by atoms with Crippen LogP contribution in [-0.4, -0.2) is 0 Å². The van der Waals surface area contributed by atoms with Gasteiger partial charge in [0.2, 0.25) is 0 Å².